The van der Waals surface area contributed by atoms with Crippen LogP contribution in [-0.2, 0) is 0 Å². The van der Waals surface area contributed by atoms with Crippen molar-refractivity contribution >= 4 is 12.4 Å². The first-order chi connectivity index (χ1) is 18.0. The van der Waals surface area contributed by atoms with Gasteiger partial charge in [-0.25, -0.2) is 0 Å². The standard InChI is InChI=1S/C13H15N.C9H11N.C7H12.C6H11N/c1-3-12-9-13(12,2)14-10-11-7-5-4-6-8-11;1-2-10-8-9-6-4-3-5-7-9;1-4-6-5-7(6,2)3;1-3-5-4-6(5,2)7/h3-8,10,12H,1,9H2,2H3;3-8H,2H2,1H3;4,6H,1,5H2,2-3H3;3,5H,1,4,7H2,2H3/t;;6-;/m..1./s1. The van der Waals surface area contributed by atoms with Crippen LogP contribution in [0.1, 0.15) is 65.0 Å². The monoisotopic (exact) mass is 511 g/mol. The Kier molecular flexibility index (Phi) is 11.7. The average Bonchev–Trinajstić information content (AvgIpc) is 3.87. The first kappa shape index (κ1) is 31.2. The molecule has 0 heterocycles. The van der Waals surface area contributed by atoms with Crippen LogP contribution in [-0.4, -0.2) is 30.1 Å². The normalized spacial score (nSPS) is 29.4. The van der Waals surface area contributed by atoms with Gasteiger partial charge in [-0.3, -0.25) is 9.98 Å². The van der Waals surface area contributed by atoms with Crippen molar-refractivity contribution in [2.75, 3.05) is 6.54 Å². The van der Waals surface area contributed by atoms with Crippen molar-refractivity contribution in [3.63, 3.8) is 0 Å². The van der Waals surface area contributed by atoms with Crippen LogP contribution in [0.3, 0.4) is 0 Å². The Morgan fingerprint density at radius 3 is 1.47 bits per heavy atom. The number of allylic oxidation sites excluding steroid dienone is 1. The van der Waals surface area contributed by atoms with Gasteiger partial charge >= 0.3 is 0 Å². The topological polar surface area (TPSA) is 50.7 Å². The number of hydrogen-bond acceptors (Lipinski definition) is 3. The molecule has 3 aliphatic carbocycles. The van der Waals surface area contributed by atoms with Gasteiger partial charge in [0.05, 0.1) is 5.54 Å². The molecule has 0 bridgehead atoms. The fourth-order valence-corrected chi connectivity index (χ4v) is 4.05. The highest BCUT2D eigenvalue weighted by Gasteiger charge is 2.47. The molecule has 2 aromatic rings. The van der Waals surface area contributed by atoms with E-state index in [1.54, 1.807) is 0 Å². The third kappa shape index (κ3) is 10.8. The molecule has 4 unspecified atom stereocenters. The molecule has 0 saturated heterocycles. The van der Waals surface area contributed by atoms with Crippen LogP contribution in [0.4, 0.5) is 0 Å². The molecule has 5 rings (SSSR count). The third-order valence-corrected chi connectivity index (χ3v) is 7.59. The highest BCUT2D eigenvalue weighted by atomic mass is 14.9. The summed E-state index contributed by atoms with van der Waals surface area (Å²) in [6.45, 7) is 22.8. The van der Waals surface area contributed by atoms with E-state index in [0.29, 0.717) is 17.3 Å². The Balaban J connectivity index is 0.000000186. The zero-order chi connectivity index (χ0) is 28.2. The Bertz CT molecular complexity index is 1040. The summed E-state index contributed by atoms with van der Waals surface area (Å²) < 4.78 is 0. The molecule has 2 aromatic carbocycles. The molecule has 204 valence electrons. The molecule has 0 aliphatic heterocycles. The van der Waals surface area contributed by atoms with E-state index in [1.165, 1.54) is 17.5 Å². The number of hydrogen-bond donors (Lipinski definition) is 1. The third-order valence-electron chi connectivity index (χ3n) is 7.59. The maximum Gasteiger partial charge on any atom is 0.0649 e. The number of nitrogens with zero attached hydrogens (tertiary/aromatic N) is 2. The zero-order valence-electron chi connectivity index (χ0n) is 24.3. The lowest BCUT2D eigenvalue weighted by atomic mass is 10.1. The molecular formula is C35H49N3. The van der Waals surface area contributed by atoms with Crippen LogP contribution < -0.4 is 5.73 Å². The van der Waals surface area contributed by atoms with E-state index in [4.69, 9.17) is 5.73 Å². The fourth-order valence-electron chi connectivity index (χ4n) is 4.05. The van der Waals surface area contributed by atoms with Crippen LogP contribution in [0.25, 0.3) is 0 Å². The fraction of sp³-hybridized carbons (Fsp3) is 0.429. The molecule has 0 spiro atoms. The predicted molar refractivity (Wildman–Crippen MR) is 168 cm³/mol. The zero-order valence-corrected chi connectivity index (χ0v) is 24.3. The van der Waals surface area contributed by atoms with E-state index in [-0.39, 0.29) is 11.1 Å². The lowest BCUT2D eigenvalue weighted by Crippen LogP contribution is -2.18. The molecule has 0 radical (unpaired) electrons. The van der Waals surface area contributed by atoms with E-state index in [2.05, 4.69) is 75.6 Å². The largest absolute Gasteiger partial charge is 0.325 e. The number of benzene rings is 2. The molecule has 3 fully saturated rings. The summed E-state index contributed by atoms with van der Waals surface area (Å²) >= 11 is 0. The first-order valence-electron chi connectivity index (χ1n) is 13.8. The van der Waals surface area contributed by atoms with E-state index < -0.39 is 0 Å². The van der Waals surface area contributed by atoms with Crippen LogP contribution in [0, 0.1) is 23.2 Å². The van der Waals surface area contributed by atoms with Crippen molar-refractivity contribution in [3.8, 4) is 0 Å². The summed E-state index contributed by atoms with van der Waals surface area (Å²) in [4.78, 5) is 8.71. The maximum atomic E-state index is 5.65. The van der Waals surface area contributed by atoms with Crippen LogP contribution in [0.2, 0.25) is 0 Å². The molecule has 2 N–H and O–H groups in total. The van der Waals surface area contributed by atoms with Gasteiger partial charge in [0.2, 0.25) is 0 Å². The molecule has 38 heavy (non-hydrogen) atoms. The second-order valence-corrected chi connectivity index (χ2v) is 11.7. The second kappa shape index (κ2) is 14.2. The van der Waals surface area contributed by atoms with Gasteiger partial charge in [-0.05, 0) is 68.4 Å². The Labute approximate surface area is 232 Å². The summed E-state index contributed by atoms with van der Waals surface area (Å²) in [6, 6.07) is 20.3. The van der Waals surface area contributed by atoms with Gasteiger partial charge in [-0.15, -0.1) is 19.7 Å². The van der Waals surface area contributed by atoms with Crippen molar-refractivity contribution in [2.45, 2.75) is 65.0 Å². The summed E-state index contributed by atoms with van der Waals surface area (Å²) in [5, 5.41) is 0. The summed E-state index contributed by atoms with van der Waals surface area (Å²) in [5.41, 5.74) is 8.81. The number of rotatable bonds is 7. The lowest BCUT2D eigenvalue weighted by molar-refractivity contribution is 0.610. The minimum atomic E-state index is 0.0990. The second-order valence-electron chi connectivity index (χ2n) is 11.7. The van der Waals surface area contributed by atoms with E-state index >= 15 is 0 Å². The van der Waals surface area contributed by atoms with Crippen molar-refractivity contribution in [1.82, 2.24) is 0 Å². The molecule has 5 atom stereocenters. The summed E-state index contributed by atoms with van der Waals surface area (Å²) in [6.07, 6.45) is 13.4. The van der Waals surface area contributed by atoms with Gasteiger partial charge in [0, 0.05) is 30.4 Å². The lowest BCUT2D eigenvalue weighted by Gasteiger charge is -2.01. The van der Waals surface area contributed by atoms with Crippen molar-refractivity contribution in [3.05, 3.63) is 110 Å². The van der Waals surface area contributed by atoms with Gasteiger partial charge in [-0.2, -0.15) is 0 Å². The summed E-state index contributed by atoms with van der Waals surface area (Å²) in [5.74, 6) is 1.97. The smallest absolute Gasteiger partial charge is 0.0649 e. The quantitative estimate of drug-likeness (QED) is 0.295. The molecular weight excluding hydrogens is 462 g/mol. The Hall–Kier alpha value is -3.04. The minimum absolute atomic E-state index is 0.0990. The molecule has 3 heteroatoms. The van der Waals surface area contributed by atoms with Crippen molar-refractivity contribution in [2.24, 2.45) is 38.9 Å². The van der Waals surface area contributed by atoms with E-state index in [9.17, 15) is 0 Å². The van der Waals surface area contributed by atoms with Gasteiger partial charge in [0.15, 0.2) is 0 Å². The Morgan fingerprint density at radius 1 is 0.737 bits per heavy atom. The first-order valence-corrected chi connectivity index (χ1v) is 13.8. The number of nitrogens with two attached hydrogens (primary N) is 1. The molecule has 0 amide bonds. The molecule has 3 nitrogen and oxygen atoms in total. The summed E-state index contributed by atoms with van der Waals surface area (Å²) in [7, 11) is 0. The minimum Gasteiger partial charge on any atom is -0.325 e. The predicted octanol–water partition coefficient (Wildman–Crippen LogP) is 8.32. The van der Waals surface area contributed by atoms with Gasteiger partial charge in [0.25, 0.3) is 0 Å². The van der Waals surface area contributed by atoms with E-state index in [0.717, 1.165) is 25.3 Å². The van der Waals surface area contributed by atoms with Crippen molar-refractivity contribution < 1.29 is 0 Å². The van der Waals surface area contributed by atoms with Crippen LogP contribution in [0.5, 0.6) is 0 Å². The van der Waals surface area contributed by atoms with E-state index in [1.807, 2.05) is 80.0 Å². The van der Waals surface area contributed by atoms with Gasteiger partial charge in [0.1, 0.15) is 0 Å². The maximum absolute atomic E-state index is 5.65. The molecule has 3 aliphatic rings. The SMILES string of the molecule is C=CC1CC1(C)N.C=CC1CC1(C)N=Cc1ccccc1.C=C[C@@H]1CC1(C)C.CCN=Cc1ccccc1. The van der Waals surface area contributed by atoms with Crippen molar-refractivity contribution in [1.29, 1.82) is 0 Å². The van der Waals surface area contributed by atoms with Crippen LogP contribution >= 0.6 is 0 Å². The molecule has 0 aromatic heterocycles. The highest BCUT2D eigenvalue weighted by molar-refractivity contribution is 5.80. The Morgan fingerprint density at radius 2 is 1.18 bits per heavy atom. The van der Waals surface area contributed by atoms with Crippen LogP contribution in [0.15, 0.2) is 109 Å². The average molecular weight is 512 g/mol. The number of aliphatic imine (C=N–C) groups is 2. The van der Waals surface area contributed by atoms with Gasteiger partial charge < -0.3 is 5.73 Å². The highest BCUT2D eigenvalue weighted by Crippen LogP contribution is 2.52. The van der Waals surface area contributed by atoms with Gasteiger partial charge in [-0.1, -0.05) is 92.7 Å². The molecule has 3 saturated carbocycles.